The molecule has 20 heavy (non-hydrogen) atoms. The highest BCUT2D eigenvalue weighted by Gasteiger charge is 2.09. The van der Waals surface area contributed by atoms with E-state index >= 15 is 0 Å². The smallest absolute Gasteiger partial charge is 0.183 e. The molecule has 0 fully saturated rings. The molecule has 0 spiro atoms. The largest absolute Gasteiger partial charge is 0.496 e. The van der Waals surface area contributed by atoms with Crippen LogP contribution in [0.2, 0.25) is 0 Å². The molecule has 0 aliphatic rings. The lowest BCUT2D eigenvalue weighted by Gasteiger charge is -2.10. The Kier molecular flexibility index (Phi) is 5.39. The van der Waals surface area contributed by atoms with Crippen LogP contribution in [0.5, 0.6) is 5.75 Å². The summed E-state index contributed by atoms with van der Waals surface area (Å²) in [6, 6.07) is 6.18. The first-order chi connectivity index (χ1) is 9.63. The van der Waals surface area contributed by atoms with E-state index in [1.165, 1.54) is 0 Å². The van der Waals surface area contributed by atoms with Crippen LogP contribution >= 0.6 is 27.3 Å². The number of nitrogens with zero attached hydrogens (tertiary/aromatic N) is 1. The van der Waals surface area contributed by atoms with Crippen molar-refractivity contribution < 1.29 is 9.47 Å². The Bertz CT molecular complexity index is 574. The van der Waals surface area contributed by atoms with Crippen LogP contribution in [0.3, 0.4) is 0 Å². The van der Waals surface area contributed by atoms with Crippen LogP contribution in [-0.4, -0.2) is 31.9 Å². The summed E-state index contributed by atoms with van der Waals surface area (Å²) in [6.45, 7) is 2.72. The maximum Gasteiger partial charge on any atom is 0.183 e. The molecule has 0 aliphatic heterocycles. The summed E-state index contributed by atoms with van der Waals surface area (Å²) in [7, 11) is 3.35. The van der Waals surface area contributed by atoms with E-state index in [1.807, 2.05) is 23.6 Å². The van der Waals surface area contributed by atoms with Crippen molar-refractivity contribution >= 4 is 32.4 Å². The number of hydrogen-bond donors (Lipinski definition) is 1. The molecule has 0 amide bonds. The third kappa shape index (κ3) is 3.71. The van der Waals surface area contributed by atoms with Crippen molar-refractivity contribution in [2.75, 3.05) is 26.1 Å². The summed E-state index contributed by atoms with van der Waals surface area (Å²) in [6.07, 6.45) is 0. The number of thiazole rings is 1. The number of aromatic nitrogens is 1. The minimum Gasteiger partial charge on any atom is -0.496 e. The molecule has 1 aromatic carbocycles. The summed E-state index contributed by atoms with van der Waals surface area (Å²) in [5.41, 5.74) is 2.01. The van der Waals surface area contributed by atoms with Crippen molar-refractivity contribution in [3.05, 3.63) is 28.1 Å². The van der Waals surface area contributed by atoms with E-state index in [2.05, 4.69) is 33.2 Å². The van der Waals surface area contributed by atoms with Crippen LogP contribution in [-0.2, 0) is 4.74 Å². The van der Waals surface area contributed by atoms with Gasteiger partial charge in [0.2, 0.25) is 0 Å². The van der Waals surface area contributed by atoms with Gasteiger partial charge >= 0.3 is 0 Å². The van der Waals surface area contributed by atoms with E-state index in [0.717, 1.165) is 26.6 Å². The molecule has 1 N–H and O–H groups in total. The Balaban J connectivity index is 2.14. The van der Waals surface area contributed by atoms with Crippen LogP contribution in [0.15, 0.2) is 28.1 Å². The first-order valence-corrected chi connectivity index (χ1v) is 7.86. The zero-order valence-corrected chi connectivity index (χ0v) is 14.0. The van der Waals surface area contributed by atoms with Gasteiger partial charge in [-0.3, -0.25) is 0 Å². The molecule has 1 heterocycles. The van der Waals surface area contributed by atoms with E-state index in [4.69, 9.17) is 9.47 Å². The lowest BCUT2D eigenvalue weighted by atomic mass is 10.2. The Morgan fingerprint density at radius 1 is 1.40 bits per heavy atom. The van der Waals surface area contributed by atoms with Crippen molar-refractivity contribution in [3.63, 3.8) is 0 Å². The van der Waals surface area contributed by atoms with Crippen LogP contribution in [0, 0.1) is 0 Å². The average molecular weight is 357 g/mol. The number of anilines is 1. The van der Waals surface area contributed by atoms with Crippen molar-refractivity contribution in [1.82, 2.24) is 4.98 Å². The molecule has 6 heteroatoms. The van der Waals surface area contributed by atoms with Gasteiger partial charge in [-0.05, 0) is 41.1 Å². The second kappa shape index (κ2) is 7.06. The summed E-state index contributed by atoms with van der Waals surface area (Å²) in [5.74, 6) is 0.816. The first-order valence-electron chi connectivity index (χ1n) is 6.19. The van der Waals surface area contributed by atoms with Crippen LogP contribution in [0.25, 0.3) is 11.3 Å². The highest BCUT2D eigenvalue weighted by atomic mass is 79.9. The minimum atomic E-state index is 0.238. The summed E-state index contributed by atoms with van der Waals surface area (Å²) < 4.78 is 11.3. The third-order valence-corrected chi connectivity index (χ3v) is 4.13. The predicted octanol–water partition coefficient (Wildman–Crippen LogP) is 4.03. The molecular weight excluding hydrogens is 340 g/mol. The molecule has 0 bridgehead atoms. The zero-order valence-electron chi connectivity index (χ0n) is 11.6. The normalized spacial score (nSPS) is 12.2. The zero-order chi connectivity index (χ0) is 14.5. The van der Waals surface area contributed by atoms with Gasteiger partial charge in [0, 0.05) is 24.1 Å². The van der Waals surface area contributed by atoms with Gasteiger partial charge in [0.05, 0.1) is 23.9 Å². The lowest BCUT2D eigenvalue weighted by molar-refractivity contribution is 0.190. The minimum absolute atomic E-state index is 0.238. The van der Waals surface area contributed by atoms with Gasteiger partial charge in [-0.25, -0.2) is 4.98 Å². The molecule has 4 nitrogen and oxygen atoms in total. The lowest BCUT2D eigenvalue weighted by Crippen LogP contribution is -2.20. The Morgan fingerprint density at radius 2 is 2.20 bits per heavy atom. The molecule has 0 aliphatic carbocycles. The molecule has 108 valence electrons. The molecule has 0 saturated carbocycles. The van der Waals surface area contributed by atoms with Crippen molar-refractivity contribution in [2.45, 2.75) is 13.0 Å². The fraction of sp³-hybridized carbons (Fsp3) is 0.357. The second-order valence-electron chi connectivity index (χ2n) is 4.39. The first kappa shape index (κ1) is 15.3. The van der Waals surface area contributed by atoms with Gasteiger partial charge in [0.1, 0.15) is 5.75 Å². The molecule has 2 rings (SSSR count). The Morgan fingerprint density at radius 3 is 2.85 bits per heavy atom. The molecule has 1 atom stereocenters. The molecule has 0 saturated heterocycles. The van der Waals surface area contributed by atoms with E-state index in [9.17, 15) is 0 Å². The van der Waals surface area contributed by atoms with Crippen molar-refractivity contribution in [1.29, 1.82) is 0 Å². The predicted molar refractivity (Wildman–Crippen MR) is 86.8 cm³/mol. The number of ether oxygens (including phenoxy) is 2. The average Bonchev–Trinajstić information content (AvgIpc) is 2.87. The van der Waals surface area contributed by atoms with Gasteiger partial charge in [-0.2, -0.15) is 0 Å². The van der Waals surface area contributed by atoms with Gasteiger partial charge in [-0.1, -0.05) is 0 Å². The monoisotopic (exact) mass is 356 g/mol. The van der Waals surface area contributed by atoms with Gasteiger partial charge in [-0.15, -0.1) is 11.3 Å². The van der Waals surface area contributed by atoms with Crippen molar-refractivity contribution in [3.8, 4) is 17.0 Å². The molecule has 2 aromatic rings. The molecule has 0 radical (unpaired) electrons. The van der Waals surface area contributed by atoms with E-state index in [0.29, 0.717) is 6.61 Å². The summed E-state index contributed by atoms with van der Waals surface area (Å²) >= 11 is 5.08. The van der Waals surface area contributed by atoms with Gasteiger partial charge in [0.15, 0.2) is 5.13 Å². The van der Waals surface area contributed by atoms with Crippen LogP contribution in [0.1, 0.15) is 6.92 Å². The van der Waals surface area contributed by atoms with E-state index in [1.54, 1.807) is 25.6 Å². The number of nitrogens with one attached hydrogen (secondary N) is 1. The second-order valence-corrected chi connectivity index (χ2v) is 6.10. The molecular formula is C14H17BrN2O2S. The Hall–Kier alpha value is -1.11. The van der Waals surface area contributed by atoms with Crippen molar-refractivity contribution in [2.24, 2.45) is 0 Å². The number of rotatable bonds is 6. The maximum absolute atomic E-state index is 5.23. The number of methoxy groups -OCH3 is 2. The molecule has 0 unspecified atom stereocenters. The van der Waals surface area contributed by atoms with E-state index < -0.39 is 0 Å². The number of hydrogen-bond acceptors (Lipinski definition) is 5. The quantitative estimate of drug-likeness (QED) is 0.848. The number of halogens is 1. The highest BCUT2D eigenvalue weighted by molar-refractivity contribution is 9.10. The maximum atomic E-state index is 5.23. The van der Waals surface area contributed by atoms with Crippen LogP contribution in [0.4, 0.5) is 5.13 Å². The fourth-order valence-corrected chi connectivity index (χ4v) is 3.17. The van der Waals surface area contributed by atoms with Gasteiger partial charge in [0.25, 0.3) is 0 Å². The fourth-order valence-electron chi connectivity index (χ4n) is 1.80. The van der Waals surface area contributed by atoms with Gasteiger partial charge < -0.3 is 14.8 Å². The highest BCUT2D eigenvalue weighted by Crippen LogP contribution is 2.32. The van der Waals surface area contributed by atoms with Crippen LogP contribution < -0.4 is 10.1 Å². The number of benzene rings is 1. The summed E-state index contributed by atoms with van der Waals surface area (Å²) in [5, 5.41) is 6.25. The SMILES string of the molecule is COC[C@@H](C)Nc1nc(-c2ccc(OC)c(Br)c2)cs1. The summed E-state index contributed by atoms with van der Waals surface area (Å²) in [4.78, 5) is 4.59. The Labute approximate surface area is 131 Å². The van der Waals surface area contributed by atoms with E-state index in [-0.39, 0.29) is 6.04 Å². The third-order valence-electron chi connectivity index (χ3n) is 2.74. The standard InChI is InChI=1S/C14H17BrN2O2S/c1-9(7-18-2)16-14-17-12(8-20-14)10-4-5-13(19-3)11(15)6-10/h4-6,8-9H,7H2,1-3H3,(H,16,17)/t9-/m1/s1. The molecule has 1 aromatic heterocycles. The topological polar surface area (TPSA) is 43.4 Å².